The van der Waals surface area contributed by atoms with Gasteiger partial charge in [0.15, 0.2) is 5.76 Å². The number of nitrogens with zero attached hydrogens (tertiary/aromatic N) is 1. The summed E-state index contributed by atoms with van der Waals surface area (Å²) in [6, 6.07) is 7.65. The zero-order valence-corrected chi connectivity index (χ0v) is 13.5. The number of amides is 1. The van der Waals surface area contributed by atoms with Crippen molar-refractivity contribution in [1.82, 2.24) is 3.97 Å². The van der Waals surface area contributed by atoms with Crippen LogP contribution in [0.3, 0.4) is 0 Å². The first-order chi connectivity index (χ1) is 11.4. The first kappa shape index (κ1) is 16.3. The van der Waals surface area contributed by atoms with E-state index < -0.39 is 26.6 Å². The summed E-state index contributed by atoms with van der Waals surface area (Å²) in [5, 5.41) is 2.57. The van der Waals surface area contributed by atoms with Gasteiger partial charge in [0, 0.05) is 17.4 Å². The van der Waals surface area contributed by atoms with Crippen LogP contribution in [0.2, 0.25) is 5.02 Å². The Bertz CT molecular complexity index is 996. The van der Waals surface area contributed by atoms with Crippen molar-refractivity contribution in [2.24, 2.45) is 0 Å². The summed E-state index contributed by atoms with van der Waals surface area (Å²) < 4.78 is 44.5. The molecule has 0 aliphatic carbocycles. The SMILES string of the molecule is O=C(Nc1ccn(S(=O)(=O)c2ccc(Cl)cc2F)c1)c1ccco1. The average Bonchev–Trinajstić information content (AvgIpc) is 3.18. The van der Waals surface area contributed by atoms with E-state index in [2.05, 4.69) is 5.32 Å². The average molecular weight is 369 g/mol. The number of anilines is 1. The molecule has 24 heavy (non-hydrogen) atoms. The van der Waals surface area contributed by atoms with Crippen molar-refractivity contribution >= 4 is 33.2 Å². The van der Waals surface area contributed by atoms with Crippen molar-refractivity contribution in [3.05, 3.63) is 71.7 Å². The van der Waals surface area contributed by atoms with Crippen LogP contribution in [0.4, 0.5) is 10.1 Å². The van der Waals surface area contributed by atoms with Gasteiger partial charge in [-0.25, -0.2) is 16.8 Å². The van der Waals surface area contributed by atoms with Gasteiger partial charge in [-0.1, -0.05) is 11.6 Å². The number of halogens is 2. The molecule has 9 heteroatoms. The molecule has 0 fully saturated rings. The minimum absolute atomic E-state index is 0.0781. The molecule has 0 spiro atoms. The van der Waals surface area contributed by atoms with Crippen LogP contribution in [0.15, 0.2) is 64.4 Å². The highest BCUT2D eigenvalue weighted by atomic mass is 35.5. The zero-order chi connectivity index (χ0) is 17.3. The number of carbonyl (C=O) groups is 1. The fourth-order valence-electron chi connectivity index (χ4n) is 2.00. The molecule has 0 radical (unpaired) electrons. The molecule has 2 aromatic heterocycles. The molecule has 1 amide bonds. The van der Waals surface area contributed by atoms with Crippen LogP contribution in [0, 0.1) is 5.82 Å². The monoisotopic (exact) mass is 368 g/mol. The smallest absolute Gasteiger partial charge is 0.291 e. The molecule has 3 aromatic rings. The van der Waals surface area contributed by atoms with Crippen LogP contribution in [-0.2, 0) is 10.0 Å². The molecule has 6 nitrogen and oxygen atoms in total. The summed E-state index contributed by atoms with van der Waals surface area (Å²) in [7, 11) is -4.15. The summed E-state index contributed by atoms with van der Waals surface area (Å²) in [6.07, 6.45) is 3.69. The molecular formula is C15H10ClFN2O4S. The first-order valence-corrected chi connectivity index (χ1v) is 8.43. The topological polar surface area (TPSA) is 81.3 Å². The standard InChI is InChI=1S/C15H10ClFN2O4S/c16-10-3-4-14(12(17)8-10)24(21,22)19-6-5-11(9-19)18-15(20)13-2-1-7-23-13/h1-9H,(H,18,20). The molecule has 0 aliphatic heterocycles. The molecule has 1 N–H and O–H groups in total. The Kier molecular flexibility index (Phi) is 4.16. The largest absolute Gasteiger partial charge is 0.459 e. The summed E-state index contributed by atoms with van der Waals surface area (Å²) in [4.78, 5) is 11.3. The highest BCUT2D eigenvalue weighted by molar-refractivity contribution is 7.90. The molecule has 0 atom stereocenters. The van der Waals surface area contributed by atoms with E-state index in [-0.39, 0.29) is 16.5 Å². The van der Waals surface area contributed by atoms with Crippen molar-refractivity contribution < 1.29 is 22.0 Å². The maximum Gasteiger partial charge on any atom is 0.291 e. The van der Waals surface area contributed by atoms with Crippen molar-refractivity contribution in [1.29, 1.82) is 0 Å². The van der Waals surface area contributed by atoms with Crippen molar-refractivity contribution in [3.63, 3.8) is 0 Å². The Hall–Kier alpha value is -2.58. The lowest BCUT2D eigenvalue weighted by molar-refractivity contribution is 0.0996. The van der Waals surface area contributed by atoms with E-state index in [0.717, 1.165) is 22.3 Å². The minimum Gasteiger partial charge on any atom is -0.459 e. The zero-order valence-electron chi connectivity index (χ0n) is 11.9. The molecule has 0 saturated heterocycles. The summed E-state index contributed by atoms with van der Waals surface area (Å²) in [5.74, 6) is -1.42. The minimum atomic E-state index is -4.15. The Morgan fingerprint density at radius 3 is 2.71 bits per heavy atom. The third-order valence-corrected chi connectivity index (χ3v) is 5.02. The third-order valence-electron chi connectivity index (χ3n) is 3.12. The second kappa shape index (κ2) is 6.14. The van der Waals surface area contributed by atoms with E-state index >= 15 is 0 Å². The Balaban J connectivity index is 1.88. The van der Waals surface area contributed by atoms with Gasteiger partial charge in [-0.3, -0.25) is 4.79 Å². The highest BCUT2D eigenvalue weighted by Crippen LogP contribution is 2.23. The molecule has 0 saturated carbocycles. The van der Waals surface area contributed by atoms with Gasteiger partial charge in [-0.15, -0.1) is 0 Å². The van der Waals surface area contributed by atoms with Gasteiger partial charge in [0.1, 0.15) is 10.7 Å². The molecule has 0 unspecified atom stereocenters. The van der Waals surface area contributed by atoms with Gasteiger partial charge in [0.25, 0.3) is 15.9 Å². The second-order valence-electron chi connectivity index (χ2n) is 4.74. The third kappa shape index (κ3) is 3.06. The Morgan fingerprint density at radius 2 is 2.04 bits per heavy atom. The quantitative estimate of drug-likeness (QED) is 0.765. The number of hydrogen-bond donors (Lipinski definition) is 1. The van der Waals surface area contributed by atoms with E-state index in [1.165, 1.54) is 30.7 Å². The first-order valence-electron chi connectivity index (χ1n) is 6.61. The number of benzene rings is 1. The highest BCUT2D eigenvalue weighted by Gasteiger charge is 2.22. The number of aromatic nitrogens is 1. The van der Waals surface area contributed by atoms with Gasteiger partial charge >= 0.3 is 0 Å². The van der Waals surface area contributed by atoms with Gasteiger partial charge < -0.3 is 9.73 Å². The molecular weight excluding hydrogens is 359 g/mol. The number of carbonyl (C=O) groups excluding carboxylic acids is 1. The molecule has 0 bridgehead atoms. The number of nitrogens with one attached hydrogen (secondary N) is 1. The molecule has 2 heterocycles. The molecule has 0 aliphatic rings. The fourth-order valence-corrected chi connectivity index (χ4v) is 3.40. The van der Waals surface area contributed by atoms with Crippen molar-refractivity contribution in [2.45, 2.75) is 4.90 Å². The number of furan rings is 1. The predicted octanol–water partition coefficient (Wildman–Crippen LogP) is 3.36. The van der Waals surface area contributed by atoms with Crippen LogP contribution in [0.5, 0.6) is 0 Å². The van der Waals surface area contributed by atoms with Crippen LogP contribution in [0.1, 0.15) is 10.6 Å². The van der Waals surface area contributed by atoms with E-state index in [0.29, 0.717) is 0 Å². The summed E-state index contributed by atoms with van der Waals surface area (Å²) >= 11 is 5.63. The molecule has 3 rings (SSSR count). The van der Waals surface area contributed by atoms with Gasteiger partial charge in [-0.05, 0) is 36.4 Å². The summed E-state index contributed by atoms with van der Waals surface area (Å²) in [5.41, 5.74) is 0.217. The van der Waals surface area contributed by atoms with E-state index in [1.54, 1.807) is 6.07 Å². The van der Waals surface area contributed by atoms with Gasteiger partial charge in [0.05, 0.1) is 12.0 Å². The van der Waals surface area contributed by atoms with Crippen molar-refractivity contribution in [2.75, 3.05) is 5.32 Å². The second-order valence-corrected chi connectivity index (χ2v) is 6.99. The normalized spacial score (nSPS) is 11.4. The maximum atomic E-state index is 13.9. The number of rotatable bonds is 4. The van der Waals surface area contributed by atoms with Crippen molar-refractivity contribution in [3.8, 4) is 0 Å². The maximum absolute atomic E-state index is 13.9. The lowest BCUT2D eigenvalue weighted by atomic mass is 10.3. The lowest BCUT2D eigenvalue weighted by Gasteiger charge is -2.07. The Labute approximate surface area is 141 Å². The van der Waals surface area contributed by atoms with E-state index in [4.69, 9.17) is 16.0 Å². The van der Waals surface area contributed by atoms with E-state index in [9.17, 15) is 17.6 Å². The van der Waals surface area contributed by atoms with Crippen LogP contribution >= 0.6 is 11.6 Å². The van der Waals surface area contributed by atoms with Crippen LogP contribution < -0.4 is 5.32 Å². The fraction of sp³-hybridized carbons (Fsp3) is 0. The summed E-state index contributed by atoms with van der Waals surface area (Å²) in [6.45, 7) is 0. The van der Waals surface area contributed by atoms with Crippen LogP contribution in [0.25, 0.3) is 0 Å². The lowest BCUT2D eigenvalue weighted by Crippen LogP contribution is -2.13. The number of hydrogen-bond acceptors (Lipinski definition) is 4. The van der Waals surface area contributed by atoms with Crippen LogP contribution in [-0.4, -0.2) is 18.3 Å². The van der Waals surface area contributed by atoms with Gasteiger partial charge in [0.2, 0.25) is 0 Å². The van der Waals surface area contributed by atoms with E-state index in [1.807, 2.05) is 0 Å². The Morgan fingerprint density at radius 1 is 1.25 bits per heavy atom. The van der Waals surface area contributed by atoms with Gasteiger partial charge in [-0.2, -0.15) is 0 Å². The predicted molar refractivity (Wildman–Crippen MR) is 85.1 cm³/mol. The molecule has 1 aromatic carbocycles. The molecule has 124 valence electrons.